The lowest BCUT2D eigenvalue weighted by Crippen LogP contribution is -2.43. The summed E-state index contributed by atoms with van der Waals surface area (Å²) in [5.74, 6) is -0.408. The molecule has 1 saturated heterocycles. The van der Waals surface area contributed by atoms with Crippen LogP contribution in [0.15, 0.2) is 96.4 Å². The van der Waals surface area contributed by atoms with Gasteiger partial charge in [0.05, 0.1) is 10.6 Å². The second-order valence-electron chi connectivity index (χ2n) is 10.4. The molecule has 9 nitrogen and oxygen atoms in total. The zero-order chi connectivity index (χ0) is 33.2. The Kier molecular flexibility index (Phi) is 8.99. The third-order valence-electron chi connectivity index (χ3n) is 7.34. The molecule has 15 heteroatoms. The van der Waals surface area contributed by atoms with Gasteiger partial charge in [-0.2, -0.15) is 13.2 Å². The van der Waals surface area contributed by atoms with Gasteiger partial charge >= 0.3 is 6.18 Å². The Balaban J connectivity index is 1.38. The zero-order valence-corrected chi connectivity index (χ0v) is 25.9. The average molecular weight is 685 g/mol. The van der Waals surface area contributed by atoms with E-state index >= 15 is 4.39 Å². The Morgan fingerprint density at radius 1 is 0.851 bits per heavy atom. The number of benzene rings is 3. The maximum atomic E-state index is 15.3. The van der Waals surface area contributed by atoms with Crippen molar-refractivity contribution < 1.29 is 30.7 Å². The molecule has 0 radical (unpaired) electrons. The van der Waals surface area contributed by atoms with Crippen LogP contribution in [0.3, 0.4) is 0 Å². The number of aromatic nitrogens is 3. The molecule has 5 aromatic rings. The molecule has 47 heavy (non-hydrogen) atoms. The highest BCUT2D eigenvalue weighted by atomic mass is 35.5. The SMILES string of the molecule is O=S(=O)(Nc1ccncn1)c1cc(Cl)c(Oc2ccc(-c3ccc(C(F)(F)F)cc3)cc2-c2ccnc(N3CCNCC3)c2)cc1F. The highest BCUT2D eigenvalue weighted by Gasteiger charge is 2.30. The van der Waals surface area contributed by atoms with Gasteiger partial charge in [-0.1, -0.05) is 29.8 Å². The van der Waals surface area contributed by atoms with E-state index in [1.165, 1.54) is 24.4 Å². The van der Waals surface area contributed by atoms with Crippen molar-refractivity contribution in [3.63, 3.8) is 0 Å². The minimum Gasteiger partial charge on any atom is -0.455 e. The van der Waals surface area contributed by atoms with Crippen LogP contribution in [0.5, 0.6) is 11.5 Å². The molecule has 0 bridgehead atoms. The molecule has 0 amide bonds. The summed E-state index contributed by atoms with van der Waals surface area (Å²) in [4.78, 5) is 13.4. The predicted octanol–water partition coefficient (Wildman–Crippen LogP) is 7.02. The first-order chi connectivity index (χ1) is 22.5. The van der Waals surface area contributed by atoms with Gasteiger partial charge in [-0.15, -0.1) is 0 Å². The summed E-state index contributed by atoms with van der Waals surface area (Å²) in [6.07, 6.45) is -0.387. The lowest BCUT2D eigenvalue weighted by Gasteiger charge is -2.28. The minimum atomic E-state index is -4.48. The quantitative estimate of drug-likeness (QED) is 0.168. The number of sulfonamides is 1. The number of alkyl halides is 3. The van der Waals surface area contributed by atoms with Crippen LogP contribution in [-0.2, 0) is 16.2 Å². The molecule has 2 N–H and O–H groups in total. The van der Waals surface area contributed by atoms with E-state index in [0.29, 0.717) is 28.1 Å². The number of rotatable bonds is 8. The molecule has 0 spiro atoms. The molecule has 0 aliphatic carbocycles. The van der Waals surface area contributed by atoms with Gasteiger partial charge < -0.3 is 15.0 Å². The van der Waals surface area contributed by atoms with Gasteiger partial charge in [-0.3, -0.25) is 4.72 Å². The van der Waals surface area contributed by atoms with E-state index in [4.69, 9.17) is 16.3 Å². The van der Waals surface area contributed by atoms with E-state index in [2.05, 4.69) is 29.9 Å². The number of nitrogens with one attached hydrogen (secondary N) is 2. The maximum absolute atomic E-state index is 15.3. The van der Waals surface area contributed by atoms with Crippen molar-refractivity contribution in [2.45, 2.75) is 11.1 Å². The lowest BCUT2D eigenvalue weighted by atomic mass is 9.97. The number of piperazine rings is 1. The highest BCUT2D eigenvalue weighted by Crippen LogP contribution is 2.41. The standard InChI is InChI=1S/C32H25ClF4N6O3S/c33-25-17-29(47(44,45)42-30-8-9-39-19-41-30)26(34)18-28(25)46-27-6-3-21(20-1-4-23(5-2-20)32(35,36)37)15-24(27)22-7-10-40-31(16-22)43-13-11-38-12-14-43/h1-10,15-19,38H,11-14H2,(H,39,41,42). The van der Waals surface area contributed by atoms with E-state index in [9.17, 15) is 21.6 Å². The fourth-order valence-electron chi connectivity index (χ4n) is 4.99. The molecule has 3 heterocycles. The van der Waals surface area contributed by atoms with E-state index in [1.54, 1.807) is 30.5 Å². The number of anilines is 2. The van der Waals surface area contributed by atoms with Crippen LogP contribution in [0, 0.1) is 5.82 Å². The van der Waals surface area contributed by atoms with Crippen molar-refractivity contribution in [2.75, 3.05) is 35.8 Å². The van der Waals surface area contributed by atoms with E-state index in [1.807, 2.05) is 6.07 Å². The summed E-state index contributed by atoms with van der Waals surface area (Å²) in [6.45, 7) is 3.05. The molecular weight excluding hydrogens is 660 g/mol. The predicted molar refractivity (Wildman–Crippen MR) is 170 cm³/mol. The first-order valence-electron chi connectivity index (χ1n) is 14.2. The molecule has 6 rings (SSSR count). The normalized spacial score (nSPS) is 13.8. The lowest BCUT2D eigenvalue weighted by molar-refractivity contribution is -0.137. The van der Waals surface area contributed by atoms with E-state index < -0.39 is 32.5 Å². The summed E-state index contributed by atoms with van der Waals surface area (Å²) < 4.78 is 89.0. The number of ether oxygens (including phenoxy) is 1. The molecule has 2 aromatic heterocycles. The van der Waals surface area contributed by atoms with Crippen molar-refractivity contribution in [2.24, 2.45) is 0 Å². The first-order valence-corrected chi connectivity index (χ1v) is 16.0. The maximum Gasteiger partial charge on any atom is 0.416 e. The van der Waals surface area contributed by atoms with Crippen molar-refractivity contribution in [3.8, 4) is 33.8 Å². The molecule has 1 aliphatic rings. The van der Waals surface area contributed by atoms with Gasteiger partial charge in [-0.25, -0.2) is 27.8 Å². The molecule has 242 valence electrons. The molecular formula is C32H25ClF4N6O3S. The summed E-state index contributed by atoms with van der Waals surface area (Å²) >= 11 is 6.44. The van der Waals surface area contributed by atoms with E-state index in [0.717, 1.165) is 56.8 Å². The molecule has 0 saturated carbocycles. The summed E-state index contributed by atoms with van der Waals surface area (Å²) in [5.41, 5.74) is 1.53. The second-order valence-corrected chi connectivity index (χ2v) is 12.5. The molecule has 0 atom stereocenters. The van der Waals surface area contributed by atoms with Crippen LogP contribution in [0.4, 0.5) is 29.2 Å². The van der Waals surface area contributed by atoms with Crippen LogP contribution in [0.1, 0.15) is 5.56 Å². The smallest absolute Gasteiger partial charge is 0.416 e. The van der Waals surface area contributed by atoms with Crippen LogP contribution in [-0.4, -0.2) is 49.5 Å². The van der Waals surface area contributed by atoms with Crippen molar-refractivity contribution in [1.82, 2.24) is 20.3 Å². The molecule has 1 aliphatic heterocycles. The van der Waals surface area contributed by atoms with Gasteiger partial charge in [0.1, 0.15) is 40.2 Å². The second kappa shape index (κ2) is 13.1. The van der Waals surface area contributed by atoms with Gasteiger partial charge in [0, 0.05) is 50.2 Å². The fourth-order valence-corrected chi connectivity index (χ4v) is 6.35. The van der Waals surface area contributed by atoms with Crippen LogP contribution < -0.4 is 19.7 Å². The van der Waals surface area contributed by atoms with Gasteiger partial charge in [0.25, 0.3) is 10.0 Å². The molecule has 0 unspecified atom stereocenters. The summed E-state index contributed by atoms with van der Waals surface area (Å²) in [5, 5.41) is 3.10. The van der Waals surface area contributed by atoms with Crippen LogP contribution >= 0.6 is 11.6 Å². The summed E-state index contributed by atoms with van der Waals surface area (Å²) in [6, 6.07) is 16.5. The number of nitrogens with zero attached hydrogens (tertiary/aromatic N) is 4. The van der Waals surface area contributed by atoms with E-state index in [-0.39, 0.29) is 22.3 Å². The van der Waals surface area contributed by atoms with Crippen molar-refractivity contribution in [1.29, 1.82) is 0 Å². The largest absolute Gasteiger partial charge is 0.455 e. The third-order valence-corrected chi connectivity index (χ3v) is 9.00. The topological polar surface area (TPSA) is 109 Å². The number of halogens is 5. The van der Waals surface area contributed by atoms with Crippen LogP contribution in [0.25, 0.3) is 22.3 Å². The zero-order valence-electron chi connectivity index (χ0n) is 24.3. The Labute approximate surface area is 272 Å². The first kappa shape index (κ1) is 32.2. The molecule has 3 aromatic carbocycles. The molecule has 1 fully saturated rings. The third kappa shape index (κ3) is 7.29. The Hall–Kier alpha value is -4.79. The average Bonchev–Trinajstić information content (AvgIpc) is 3.07. The summed E-state index contributed by atoms with van der Waals surface area (Å²) in [7, 11) is -4.41. The van der Waals surface area contributed by atoms with Crippen molar-refractivity contribution in [3.05, 3.63) is 108 Å². The monoisotopic (exact) mass is 684 g/mol. The van der Waals surface area contributed by atoms with Crippen LogP contribution in [0.2, 0.25) is 5.02 Å². The number of hydrogen-bond acceptors (Lipinski definition) is 8. The Morgan fingerprint density at radius 3 is 2.30 bits per heavy atom. The highest BCUT2D eigenvalue weighted by molar-refractivity contribution is 7.92. The Bertz CT molecular complexity index is 2010. The van der Waals surface area contributed by atoms with Gasteiger partial charge in [-0.05, 0) is 65.2 Å². The van der Waals surface area contributed by atoms with Gasteiger partial charge in [0.15, 0.2) is 0 Å². The Morgan fingerprint density at radius 2 is 1.60 bits per heavy atom. The minimum absolute atomic E-state index is 0.0637. The van der Waals surface area contributed by atoms with Crippen molar-refractivity contribution >= 4 is 33.3 Å². The number of pyridine rings is 1. The van der Waals surface area contributed by atoms with Gasteiger partial charge in [0.2, 0.25) is 0 Å². The number of hydrogen-bond donors (Lipinski definition) is 2. The fraction of sp³-hybridized carbons (Fsp3) is 0.156.